The average molecular weight is 244 g/mol. The first kappa shape index (κ1) is 14.6. The molecule has 2 nitrogen and oxygen atoms in total. The fourth-order valence-corrected chi connectivity index (χ4v) is 2.05. The predicted octanol–water partition coefficient (Wildman–Crippen LogP) is 4.49. The Balaban J connectivity index is 2.78. The van der Waals surface area contributed by atoms with E-state index in [4.69, 9.17) is 5.26 Å². The molecule has 0 saturated carbocycles. The summed E-state index contributed by atoms with van der Waals surface area (Å²) in [7, 11) is 0. The molecule has 1 aromatic rings. The van der Waals surface area contributed by atoms with Gasteiger partial charge in [-0.1, -0.05) is 33.3 Å². The van der Waals surface area contributed by atoms with Crippen molar-refractivity contribution in [2.24, 2.45) is 5.92 Å². The minimum Gasteiger partial charge on any atom is -0.382 e. The summed E-state index contributed by atoms with van der Waals surface area (Å²) in [6, 6.07) is 8.53. The monoisotopic (exact) mass is 244 g/mol. The summed E-state index contributed by atoms with van der Waals surface area (Å²) < 4.78 is 0. The van der Waals surface area contributed by atoms with Gasteiger partial charge in [0.15, 0.2) is 0 Å². The van der Waals surface area contributed by atoms with Gasteiger partial charge >= 0.3 is 0 Å². The van der Waals surface area contributed by atoms with Gasteiger partial charge < -0.3 is 5.32 Å². The fraction of sp³-hybridized carbons (Fsp3) is 0.562. The van der Waals surface area contributed by atoms with E-state index in [2.05, 4.69) is 39.1 Å². The van der Waals surface area contributed by atoms with Gasteiger partial charge in [0.1, 0.15) is 0 Å². The Morgan fingerprint density at radius 1 is 1.28 bits per heavy atom. The van der Waals surface area contributed by atoms with Crippen molar-refractivity contribution in [2.75, 3.05) is 5.32 Å². The number of benzene rings is 1. The molecule has 2 unspecified atom stereocenters. The molecule has 0 amide bonds. The number of rotatable bonds is 6. The maximum absolute atomic E-state index is 8.95. The lowest BCUT2D eigenvalue weighted by Crippen LogP contribution is -2.21. The van der Waals surface area contributed by atoms with E-state index in [1.54, 1.807) is 0 Å². The molecule has 0 heterocycles. The highest BCUT2D eigenvalue weighted by molar-refractivity contribution is 5.55. The number of hydrogen-bond donors (Lipinski definition) is 1. The average Bonchev–Trinajstić information content (AvgIpc) is 2.39. The number of nitrogens with one attached hydrogen (secondary N) is 1. The summed E-state index contributed by atoms with van der Waals surface area (Å²) >= 11 is 0. The molecule has 0 bridgehead atoms. The largest absolute Gasteiger partial charge is 0.382 e. The molecule has 0 spiro atoms. The lowest BCUT2D eigenvalue weighted by Gasteiger charge is -2.22. The molecule has 1 rings (SSSR count). The Morgan fingerprint density at radius 2 is 2.00 bits per heavy atom. The summed E-state index contributed by atoms with van der Waals surface area (Å²) in [5, 5.41) is 12.5. The highest BCUT2D eigenvalue weighted by atomic mass is 14.9. The first-order valence-electron chi connectivity index (χ1n) is 6.87. The second-order valence-corrected chi connectivity index (χ2v) is 5.14. The van der Waals surface area contributed by atoms with Gasteiger partial charge in [-0.3, -0.25) is 0 Å². The van der Waals surface area contributed by atoms with Gasteiger partial charge in [0, 0.05) is 11.7 Å². The van der Waals surface area contributed by atoms with Crippen LogP contribution in [-0.4, -0.2) is 6.04 Å². The van der Waals surface area contributed by atoms with Gasteiger partial charge in [-0.25, -0.2) is 0 Å². The van der Waals surface area contributed by atoms with Crippen LogP contribution in [-0.2, 0) is 0 Å². The van der Waals surface area contributed by atoms with Crippen molar-refractivity contribution in [2.45, 2.75) is 53.0 Å². The smallest absolute Gasteiger partial charge is 0.0992 e. The Morgan fingerprint density at radius 3 is 2.56 bits per heavy atom. The maximum Gasteiger partial charge on any atom is 0.0992 e. The molecule has 0 radical (unpaired) electrons. The summed E-state index contributed by atoms with van der Waals surface area (Å²) in [6.45, 7) is 8.82. The first-order chi connectivity index (χ1) is 8.60. The zero-order valence-electron chi connectivity index (χ0n) is 12.0. The summed E-state index contributed by atoms with van der Waals surface area (Å²) in [5.41, 5.74) is 3.03. The lowest BCUT2D eigenvalue weighted by molar-refractivity contribution is 0.461. The van der Waals surface area contributed by atoms with E-state index in [1.165, 1.54) is 18.4 Å². The highest BCUT2D eigenvalue weighted by Crippen LogP contribution is 2.21. The molecule has 18 heavy (non-hydrogen) atoms. The van der Waals surface area contributed by atoms with Crippen LogP contribution in [0.3, 0.4) is 0 Å². The van der Waals surface area contributed by atoms with Gasteiger partial charge in [0.25, 0.3) is 0 Å². The third-order valence-corrected chi connectivity index (χ3v) is 3.60. The van der Waals surface area contributed by atoms with Crippen LogP contribution in [0.4, 0.5) is 5.69 Å². The van der Waals surface area contributed by atoms with Crippen LogP contribution in [0, 0.1) is 24.2 Å². The van der Waals surface area contributed by atoms with Crippen molar-refractivity contribution in [1.29, 1.82) is 5.26 Å². The molecule has 2 atom stereocenters. The fourth-order valence-electron chi connectivity index (χ4n) is 2.05. The van der Waals surface area contributed by atoms with Crippen LogP contribution in [0.5, 0.6) is 0 Å². The zero-order valence-corrected chi connectivity index (χ0v) is 12.0. The van der Waals surface area contributed by atoms with Crippen LogP contribution in [0.2, 0.25) is 0 Å². The third-order valence-electron chi connectivity index (χ3n) is 3.60. The van der Waals surface area contributed by atoms with Gasteiger partial charge in [0.2, 0.25) is 0 Å². The molecule has 2 heteroatoms. The standard InChI is InChI=1S/C16H24N2/c1-5-12(3)9-15(6-2)18-16-10-14(11-17)8-7-13(16)4/h7-8,10,12,15,18H,5-6,9H2,1-4H3. The molecular weight excluding hydrogens is 220 g/mol. The quantitative estimate of drug-likeness (QED) is 0.800. The molecule has 0 fully saturated rings. The summed E-state index contributed by atoms with van der Waals surface area (Å²) in [6.07, 6.45) is 3.51. The minimum atomic E-state index is 0.493. The molecule has 0 aromatic heterocycles. The Kier molecular flexibility index (Phi) is 5.71. The summed E-state index contributed by atoms with van der Waals surface area (Å²) in [5.74, 6) is 0.738. The molecular formula is C16H24N2. The number of nitriles is 1. The normalized spacial score (nSPS) is 13.7. The lowest BCUT2D eigenvalue weighted by atomic mass is 9.97. The molecule has 1 aromatic carbocycles. The van der Waals surface area contributed by atoms with Crippen molar-refractivity contribution in [3.05, 3.63) is 29.3 Å². The Labute approximate surface area is 111 Å². The van der Waals surface area contributed by atoms with Crippen LogP contribution in [0.15, 0.2) is 18.2 Å². The van der Waals surface area contributed by atoms with E-state index >= 15 is 0 Å². The molecule has 1 N–H and O–H groups in total. The van der Waals surface area contributed by atoms with Gasteiger partial charge in [-0.05, 0) is 43.4 Å². The maximum atomic E-state index is 8.95. The van der Waals surface area contributed by atoms with E-state index < -0.39 is 0 Å². The van der Waals surface area contributed by atoms with Gasteiger partial charge in [0.05, 0.1) is 11.6 Å². The van der Waals surface area contributed by atoms with Gasteiger partial charge in [-0.2, -0.15) is 5.26 Å². The van der Waals surface area contributed by atoms with Crippen molar-refractivity contribution < 1.29 is 0 Å². The molecule has 98 valence electrons. The highest BCUT2D eigenvalue weighted by Gasteiger charge is 2.11. The second kappa shape index (κ2) is 7.06. The molecule has 0 aliphatic carbocycles. The number of nitrogens with zero attached hydrogens (tertiary/aromatic N) is 1. The topological polar surface area (TPSA) is 35.8 Å². The number of anilines is 1. The minimum absolute atomic E-state index is 0.493. The molecule has 0 saturated heterocycles. The van der Waals surface area contributed by atoms with Crippen molar-refractivity contribution in [3.63, 3.8) is 0 Å². The van der Waals surface area contributed by atoms with Crippen molar-refractivity contribution in [3.8, 4) is 6.07 Å². The Bertz CT molecular complexity index is 418. The first-order valence-corrected chi connectivity index (χ1v) is 6.87. The van der Waals surface area contributed by atoms with Crippen LogP contribution < -0.4 is 5.32 Å². The number of aryl methyl sites for hydroxylation is 1. The summed E-state index contributed by atoms with van der Waals surface area (Å²) in [4.78, 5) is 0. The van der Waals surface area contributed by atoms with Gasteiger partial charge in [-0.15, -0.1) is 0 Å². The zero-order chi connectivity index (χ0) is 13.5. The Hall–Kier alpha value is -1.49. The van der Waals surface area contributed by atoms with Crippen LogP contribution >= 0.6 is 0 Å². The van der Waals surface area contributed by atoms with Crippen LogP contribution in [0.1, 0.15) is 51.2 Å². The van der Waals surface area contributed by atoms with Crippen molar-refractivity contribution in [1.82, 2.24) is 0 Å². The second-order valence-electron chi connectivity index (χ2n) is 5.14. The number of hydrogen-bond acceptors (Lipinski definition) is 2. The third kappa shape index (κ3) is 4.07. The van der Waals surface area contributed by atoms with E-state index in [9.17, 15) is 0 Å². The van der Waals surface area contributed by atoms with E-state index in [1.807, 2.05) is 18.2 Å². The predicted molar refractivity (Wildman–Crippen MR) is 77.7 cm³/mol. The SMILES string of the molecule is CCC(C)CC(CC)Nc1cc(C#N)ccc1C. The van der Waals surface area contributed by atoms with E-state index in [-0.39, 0.29) is 0 Å². The molecule has 0 aliphatic heterocycles. The van der Waals surface area contributed by atoms with E-state index in [0.717, 1.165) is 23.6 Å². The molecule has 0 aliphatic rings. The van der Waals surface area contributed by atoms with Crippen LogP contribution in [0.25, 0.3) is 0 Å². The van der Waals surface area contributed by atoms with E-state index in [0.29, 0.717) is 6.04 Å². The van der Waals surface area contributed by atoms with Crippen molar-refractivity contribution >= 4 is 5.69 Å².